The molecule has 0 saturated heterocycles. The van der Waals surface area contributed by atoms with Crippen LogP contribution in [0.3, 0.4) is 0 Å². The zero-order valence-electron chi connectivity index (χ0n) is 15.0. The van der Waals surface area contributed by atoms with Gasteiger partial charge in [-0.2, -0.15) is 18.2 Å². The van der Waals surface area contributed by atoms with E-state index in [-0.39, 0.29) is 5.56 Å². The standard InChI is InChI=1S/C18H15BrF4N4O/c1-8(10-5-4-6-12(14(10)20)18(21,22)23)24-15-11-7-13(19)17(28-3)27-16(11)26-9(2)25-15/h4-8H,1-3H3,(H,24,25,26,27)/t8-/m1/s1. The molecule has 0 aliphatic heterocycles. The molecule has 0 unspecified atom stereocenters. The normalized spacial score (nSPS) is 12.9. The molecule has 2 aromatic heterocycles. The number of rotatable bonds is 4. The molecule has 3 rings (SSSR count). The minimum absolute atomic E-state index is 0.125. The maximum absolute atomic E-state index is 14.4. The Morgan fingerprint density at radius 1 is 1.18 bits per heavy atom. The van der Waals surface area contributed by atoms with Gasteiger partial charge in [0, 0.05) is 5.56 Å². The molecule has 3 aromatic rings. The topological polar surface area (TPSA) is 59.9 Å². The van der Waals surface area contributed by atoms with Crippen LogP contribution in [0.5, 0.6) is 5.88 Å². The Bertz CT molecular complexity index is 1040. The van der Waals surface area contributed by atoms with Crippen molar-refractivity contribution in [2.45, 2.75) is 26.1 Å². The number of aromatic nitrogens is 3. The predicted octanol–water partition coefficient (Wildman–Crippen LogP) is 5.44. The molecule has 0 radical (unpaired) electrons. The molecule has 148 valence electrons. The van der Waals surface area contributed by atoms with E-state index >= 15 is 0 Å². The van der Waals surface area contributed by atoms with Crippen molar-refractivity contribution in [2.24, 2.45) is 0 Å². The largest absolute Gasteiger partial charge is 0.480 e. The second-order valence-electron chi connectivity index (χ2n) is 6.04. The Labute approximate surface area is 166 Å². The van der Waals surface area contributed by atoms with Crippen LogP contribution in [-0.4, -0.2) is 22.1 Å². The molecule has 0 amide bonds. The van der Waals surface area contributed by atoms with Crippen molar-refractivity contribution < 1.29 is 22.3 Å². The highest BCUT2D eigenvalue weighted by atomic mass is 79.9. The lowest BCUT2D eigenvalue weighted by molar-refractivity contribution is -0.140. The van der Waals surface area contributed by atoms with E-state index in [0.717, 1.165) is 0 Å². The number of hydrogen-bond donors (Lipinski definition) is 1. The van der Waals surface area contributed by atoms with Gasteiger partial charge in [0.15, 0.2) is 5.65 Å². The lowest BCUT2D eigenvalue weighted by atomic mass is 10.0. The number of ether oxygens (including phenoxy) is 1. The van der Waals surface area contributed by atoms with Crippen LogP contribution in [0.15, 0.2) is 28.7 Å². The van der Waals surface area contributed by atoms with E-state index in [4.69, 9.17) is 4.74 Å². The Balaban J connectivity index is 2.05. The molecule has 5 nitrogen and oxygen atoms in total. The summed E-state index contributed by atoms with van der Waals surface area (Å²) >= 11 is 3.33. The molecule has 0 fully saturated rings. The molecule has 0 saturated carbocycles. The lowest BCUT2D eigenvalue weighted by Gasteiger charge is -2.19. The highest BCUT2D eigenvalue weighted by molar-refractivity contribution is 9.10. The highest BCUT2D eigenvalue weighted by Gasteiger charge is 2.35. The summed E-state index contributed by atoms with van der Waals surface area (Å²) in [4.78, 5) is 12.8. The van der Waals surface area contributed by atoms with Gasteiger partial charge < -0.3 is 10.1 Å². The van der Waals surface area contributed by atoms with E-state index in [1.165, 1.54) is 19.2 Å². The number of benzene rings is 1. The van der Waals surface area contributed by atoms with Crippen LogP contribution < -0.4 is 10.1 Å². The zero-order valence-corrected chi connectivity index (χ0v) is 16.6. The van der Waals surface area contributed by atoms with Crippen LogP contribution in [0.25, 0.3) is 11.0 Å². The quantitative estimate of drug-likeness (QED) is 0.527. The van der Waals surface area contributed by atoms with Gasteiger partial charge in [-0.25, -0.2) is 14.4 Å². The number of aryl methyl sites for hydroxylation is 1. The van der Waals surface area contributed by atoms with Gasteiger partial charge in [-0.15, -0.1) is 0 Å². The molecular weight excluding hydrogens is 444 g/mol. The Morgan fingerprint density at radius 2 is 1.89 bits per heavy atom. The average Bonchev–Trinajstić information content (AvgIpc) is 2.60. The maximum Gasteiger partial charge on any atom is 0.419 e. The number of nitrogens with one attached hydrogen (secondary N) is 1. The van der Waals surface area contributed by atoms with Gasteiger partial charge in [-0.3, -0.25) is 0 Å². The molecule has 1 atom stereocenters. The fourth-order valence-corrected chi connectivity index (χ4v) is 3.24. The first-order valence-corrected chi connectivity index (χ1v) is 8.92. The van der Waals surface area contributed by atoms with E-state index in [9.17, 15) is 17.6 Å². The fourth-order valence-electron chi connectivity index (χ4n) is 2.76. The smallest absolute Gasteiger partial charge is 0.419 e. The van der Waals surface area contributed by atoms with E-state index in [0.29, 0.717) is 39.1 Å². The first-order chi connectivity index (χ1) is 13.1. The monoisotopic (exact) mass is 458 g/mol. The van der Waals surface area contributed by atoms with Crippen molar-refractivity contribution in [1.82, 2.24) is 15.0 Å². The summed E-state index contributed by atoms with van der Waals surface area (Å²) in [6.45, 7) is 3.20. The van der Waals surface area contributed by atoms with Gasteiger partial charge in [-0.1, -0.05) is 12.1 Å². The maximum atomic E-state index is 14.4. The number of alkyl halides is 3. The first-order valence-electron chi connectivity index (χ1n) is 8.12. The SMILES string of the molecule is COc1nc2nc(C)nc(N[C@H](C)c3cccc(C(F)(F)F)c3F)c2cc1Br. The first kappa shape index (κ1) is 20.2. The van der Waals surface area contributed by atoms with Crippen LogP contribution in [-0.2, 0) is 6.18 Å². The lowest BCUT2D eigenvalue weighted by Crippen LogP contribution is -2.15. The van der Waals surface area contributed by atoms with E-state index in [1.807, 2.05) is 0 Å². The summed E-state index contributed by atoms with van der Waals surface area (Å²) in [6.07, 6.45) is -4.77. The number of fused-ring (bicyclic) bond motifs is 1. The molecule has 1 aromatic carbocycles. The van der Waals surface area contributed by atoms with Crippen molar-refractivity contribution >= 4 is 32.8 Å². The summed E-state index contributed by atoms with van der Waals surface area (Å²) in [6, 6.07) is 4.07. The van der Waals surface area contributed by atoms with Crippen molar-refractivity contribution in [3.63, 3.8) is 0 Å². The van der Waals surface area contributed by atoms with Crippen LogP contribution in [0.4, 0.5) is 23.4 Å². The van der Waals surface area contributed by atoms with E-state index in [1.54, 1.807) is 19.9 Å². The van der Waals surface area contributed by atoms with E-state index in [2.05, 4.69) is 36.2 Å². The number of methoxy groups -OCH3 is 1. The molecular formula is C18H15BrF4N4O. The van der Waals surface area contributed by atoms with Crippen LogP contribution in [0, 0.1) is 12.7 Å². The average molecular weight is 459 g/mol. The summed E-state index contributed by atoms with van der Waals surface area (Å²) in [5.74, 6) is -0.272. The number of nitrogens with zero attached hydrogens (tertiary/aromatic N) is 3. The van der Waals surface area contributed by atoms with Gasteiger partial charge >= 0.3 is 6.18 Å². The third-order valence-corrected chi connectivity index (χ3v) is 4.64. The van der Waals surface area contributed by atoms with Crippen LogP contribution in [0.2, 0.25) is 0 Å². The molecule has 0 aliphatic carbocycles. The number of halogens is 5. The van der Waals surface area contributed by atoms with Gasteiger partial charge in [0.25, 0.3) is 0 Å². The van der Waals surface area contributed by atoms with Crippen LogP contribution >= 0.6 is 15.9 Å². The van der Waals surface area contributed by atoms with E-state index < -0.39 is 23.6 Å². The predicted molar refractivity (Wildman–Crippen MR) is 99.8 cm³/mol. The van der Waals surface area contributed by atoms with Crippen molar-refractivity contribution in [1.29, 1.82) is 0 Å². The molecule has 0 spiro atoms. The van der Waals surface area contributed by atoms with Gasteiger partial charge in [-0.05, 0) is 41.9 Å². The van der Waals surface area contributed by atoms with Gasteiger partial charge in [0.2, 0.25) is 5.88 Å². The second-order valence-corrected chi connectivity index (χ2v) is 6.90. The molecule has 28 heavy (non-hydrogen) atoms. The molecule has 0 aliphatic rings. The Kier molecular flexibility index (Phi) is 5.42. The van der Waals surface area contributed by atoms with Crippen LogP contribution in [0.1, 0.15) is 29.9 Å². The fraction of sp³-hybridized carbons (Fsp3) is 0.278. The van der Waals surface area contributed by atoms with Crippen molar-refractivity contribution in [2.75, 3.05) is 12.4 Å². The van der Waals surface area contributed by atoms with Gasteiger partial charge in [0.1, 0.15) is 17.5 Å². The highest BCUT2D eigenvalue weighted by Crippen LogP contribution is 2.35. The summed E-state index contributed by atoms with van der Waals surface area (Å²) in [5.41, 5.74) is -1.09. The van der Waals surface area contributed by atoms with Crippen molar-refractivity contribution in [3.05, 3.63) is 51.5 Å². The minimum atomic E-state index is -4.77. The summed E-state index contributed by atoms with van der Waals surface area (Å²) < 4.78 is 59.1. The molecule has 0 bridgehead atoms. The molecule has 1 N–H and O–H groups in total. The second kappa shape index (κ2) is 7.50. The molecule has 2 heterocycles. The number of pyridine rings is 1. The number of hydrogen-bond acceptors (Lipinski definition) is 5. The summed E-state index contributed by atoms with van der Waals surface area (Å²) in [5, 5.41) is 3.48. The third kappa shape index (κ3) is 3.87. The molecule has 10 heteroatoms. The van der Waals surface area contributed by atoms with Crippen molar-refractivity contribution in [3.8, 4) is 5.88 Å². The van der Waals surface area contributed by atoms with Gasteiger partial charge in [0.05, 0.1) is 28.6 Å². The zero-order chi connectivity index (χ0) is 20.6. The Morgan fingerprint density at radius 3 is 2.54 bits per heavy atom. The number of anilines is 1. The Hall–Kier alpha value is -2.49. The minimum Gasteiger partial charge on any atom is -0.480 e. The summed E-state index contributed by atoms with van der Waals surface area (Å²) in [7, 11) is 1.46. The third-order valence-electron chi connectivity index (χ3n) is 4.07.